The zero-order chi connectivity index (χ0) is 15.2. The average Bonchev–Trinajstić information content (AvgIpc) is 2.95. The van der Waals surface area contributed by atoms with Gasteiger partial charge in [0.15, 0.2) is 5.11 Å². The van der Waals surface area contributed by atoms with E-state index in [1.807, 2.05) is 35.0 Å². The molecule has 0 amide bonds. The smallest absolute Gasteiger partial charge is 0.171 e. The number of hydrogen-bond acceptors (Lipinski definition) is 3. The van der Waals surface area contributed by atoms with E-state index < -0.39 is 0 Å². The van der Waals surface area contributed by atoms with E-state index in [-0.39, 0.29) is 6.04 Å². The molecule has 1 aromatic carbocycles. The van der Waals surface area contributed by atoms with Gasteiger partial charge in [-0.25, -0.2) is 0 Å². The van der Waals surface area contributed by atoms with Crippen molar-refractivity contribution >= 4 is 23.0 Å². The van der Waals surface area contributed by atoms with Gasteiger partial charge in [0.1, 0.15) is 5.75 Å². The van der Waals surface area contributed by atoms with Gasteiger partial charge in [0.2, 0.25) is 0 Å². The Morgan fingerprint density at radius 3 is 2.95 bits per heavy atom. The summed E-state index contributed by atoms with van der Waals surface area (Å²) in [5.41, 5.74) is 2.00. The topological polar surface area (TPSA) is 51.1 Å². The Bertz CT molecular complexity index is 611. The highest BCUT2D eigenvalue weighted by Gasteiger charge is 2.11. The van der Waals surface area contributed by atoms with Gasteiger partial charge in [-0.1, -0.05) is 6.07 Å². The number of nitrogens with one attached hydrogen (secondary N) is 2. The van der Waals surface area contributed by atoms with E-state index in [0.29, 0.717) is 5.11 Å². The van der Waals surface area contributed by atoms with Crippen LogP contribution in [0.3, 0.4) is 0 Å². The molecule has 0 radical (unpaired) electrons. The van der Waals surface area contributed by atoms with Gasteiger partial charge < -0.3 is 15.4 Å². The predicted octanol–water partition coefficient (Wildman–Crippen LogP) is 2.96. The molecule has 2 N–H and O–H groups in total. The Hall–Kier alpha value is -2.08. The Balaban J connectivity index is 1.98. The fourth-order valence-electron chi connectivity index (χ4n) is 2.11. The second-order valence-electron chi connectivity index (χ2n) is 4.62. The lowest BCUT2D eigenvalue weighted by molar-refractivity contribution is 0.415. The fraction of sp³-hybridized carbons (Fsp3) is 0.333. The largest absolute Gasteiger partial charge is 0.497 e. The van der Waals surface area contributed by atoms with Crippen LogP contribution in [0.25, 0.3) is 0 Å². The normalized spacial score (nSPS) is 11.8. The first kappa shape index (κ1) is 15.3. The summed E-state index contributed by atoms with van der Waals surface area (Å²) in [5.74, 6) is 0.792. The molecule has 1 aromatic heterocycles. The molecule has 0 saturated carbocycles. The second-order valence-corrected chi connectivity index (χ2v) is 5.03. The van der Waals surface area contributed by atoms with E-state index in [1.54, 1.807) is 13.3 Å². The van der Waals surface area contributed by atoms with Gasteiger partial charge in [0, 0.05) is 24.5 Å². The minimum Gasteiger partial charge on any atom is -0.497 e. The SMILES string of the molecule is CCn1nccc1C(C)NC(=S)Nc1cccc(OC)c1. The Morgan fingerprint density at radius 2 is 2.24 bits per heavy atom. The monoisotopic (exact) mass is 304 g/mol. The molecule has 0 saturated heterocycles. The maximum atomic E-state index is 5.35. The van der Waals surface area contributed by atoms with Crippen molar-refractivity contribution in [1.29, 1.82) is 0 Å². The summed E-state index contributed by atoms with van der Waals surface area (Å²) < 4.78 is 7.14. The highest BCUT2D eigenvalue weighted by Crippen LogP contribution is 2.17. The molecule has 0 aliphatic rings. The summed E-state index contributed by atoms with van der Waals surface area (Å²) in [6.45, 7) is 4.96. The van der Waals surface area contributed by atoms with Crippen molar-refractivity contribution in [3.8, 4) is 5.75 Å². The third kappa shape index (κ3) is 3.95. The van der Waals surface area contributed by atoms with Gasteiger partial charge in [-0.2, -0.15) is 5.10 Å². The van der Waals surface area contributed by atoms with Gasteiger partial charge in [0.05, 0.1) is 18.8 Å². The molecule has 0 spiro atoms. The van der Waals surface area contributed by atoms with E-state index in [9.17, 15) is 0 Å². The minimum atomic E-state index is 0.0815. The van der Waals surface area contributed by atoms with E-state index in [2.05, 4.69) is 29.6 Å². The molecule has 0 aliphatic heterocycles. The molecule has 1 unspecified atom stereocenters. The van der Waals surface area contributed by atoms with Crippen LogP contribution in [0.5, 0.6) is 5.75 Å². The number of ether oxygens (including phenoxy) is 1. The predicted molar refractivity (Wildman–Crippen MR) is 88.7 cm³/mol. The molecule has 21 heavy (non-hydrogen) atoms. The maximum Gasteiger partial charge on any atom is 0.171 e. The van der Waals surface area contributed by atoms with Crippen LogP contribution < -0.4 is 15.4 Å². The molecule has 5 nitrogen and oxygen atoms in total. The van der Waals surface area contributed by atoms with Gasteiger partial charge in [0.25, 0.3) is 0 Å². The number of rotatable bonds is 5. The number of hydrogen-bond donors (Lipinski definition) is 2. The zero-order valence-corrected chi connectivity index (χ0v) is 13.3. The molecule has 112 valence electrons. The quantitative estimate of drug-likeness (QED) is 0.832. The first-order chi connectivity index (χ1) is 10.1. The van der Waals surface area contributed by atoms with Crippen molar-refractivity contribution in [1.82, 2.24) is 15.1 Å². The third-order valence-electron chi connectivity index (χ3n) is 3.17. The molecule has 2 rings (SSSR count). The van der Waals surface area contributed by atoms with Crippen LogP contribution in [0.1, 0.15) is 25.6 Å². The minimum absolute atomic E-state index is 0.0815. The first-order valence-electron chi connectivity index (χ1n) is 6.87. The van der Waals surface area contributed by atoms with Crippen molar-refractivity contribution < 1.29 is 4.74 Å². The zero-order valence-electron chi connectivity index (χ0n) is 12.5. The van der Waals surface area contributed by atoms with E-state index >= 15 is 0 Å². The van der Waals surface area contributed by atoms with Crippen molar-refractivity contribution in [2.75, 3.05) is 12.4 Å². The van der Waals surface area contributed by atoms with Crippen LogP contribution in [0, 0.1) is 0 Å². The number of benzene rings is 1. The molecule has 1 atom stereocenters. The fourth-order valence-corrected chi connectivity index (χ4v) is 2.41. The Morgan fingerprint density at radius 1 is 1.43 bits per heavy atom. The Kier molecular flexibility index (Phi) is 5.16. The molecule has 1 heterocycles. The average molecular weight is 304 g/mol. The highest BCUT2D eigenvalue weighted by molar-refractivity contribution is 7.80. The lowest BCUT2D eigenvalue weighted by Crippen LogP contribution is -2.32. The molecular weight excluding hydrogens is 284 g/mol. The van der Waals surface area contributed by atoms with Crippen LogP contribution in [-0.4, -0.2) is 22.0 Å². The molecule has 6 heteroatoms. The van der Waals surface area contributed by atoms with Crippen molar-refractivity contribution in [2.24, 2.45) is 0 Å². The van der Waals surface area contributed by atoms with Crippen LogP contribution in [0.2, 0.25) is 0 Å². The van der Waals surface area contributed by atoms with Gasteiger partial charge >= 0.3 is 0 Å². The second kappa shape index (κ2) is 7.08. The number of aromatic nitrogens is 2. The van der Waals surface area contributed by atoms with E-state index in [4.69, 9.17) is 17.0 Å². The summed E-state index contributed by atoms with van der Waals surface area (Å²) in [4.78, 5) is 0. The van der Waals surface area contributed by atoms with E-state index in [0.717, 1.165) is 23.7 Å². The molecular formula is C15H20N4OS. The lowest BCUT2D eigenvalue weighted by atomic mass is 10.2. The molecule has 0 bridgehead atoms. The number of anilines is 1. The van der Waals surface area contributed by atoms with Crippen LogP contribution in [0.4, 0.5) is 5.69 Å². The summed E-state index contributed by atoms with van der Waals surface area (Å²) in [7, 11) is 1.64. The van der Waals surface area contributed by atoms with Gasteiger partial charge in [-0.3, -0.25) is 4.68 Å². The van der Waals surface area contributed by atoms with Gasteiger partial charge in [-0.05, 0) is 44.3 Å². The summed E-state index contributed by atoms with van der Waals surface area (Å²) in [6.07, 6.45) is 1.80. The van der Waals surface area contributed by atoms with Crippen molar-refractivity contribution in [3.63, 3.8) is 0 Å². The molecule has 0 fully saturated rings. The number of aryl methyl sites for hydroxylation is 1. The third-order valence-corrected chi connectivity index (χ3v) is 3.39. The lowest BCUT2D eigenvalue weighted by Gasteiger charge is -2.18. The maximum absolute atomic E-state index is 5.35. The van der Waals surface area contributed by atoms with Crippen LogP contribution >= 0.6 is 12.2 Å². The summed E-state index contributed by atoms with van der Waals surface area (Å²) >= 11 is 5.35. The van der Waals surface area contributed by atoms with Gasteiger partial charge in [-0.15, -0.1) is 0 Å². The summed E-state index contributed by atoms with van der Waals surface area (Å²) in [6, 6.07) is 9.73. The van der Waals surface area contributed by atoms with Crippen LogP contribution in [0.15, 0.2) is 36.5 Å². The van der Waals surface area contributed by atoms with E-state index in [1.165, 1.54) is 0 Å². The van der Waals surface area contributed by atoms with Crippen LogP contribution in [-0.2, 0) is 6.54 Å². The standard InChI is InChI=1S/C15H20N4OS/c1-4-19-14(8-9-16-19)11(2)17-15(21)18-12-6-5-7-13(10-12)20-3/h5-11H,4H2,1-3H3,(H2,17,18,21). The first-order valence-corrected chi connectivity index (χ1v) is 7.28. The number of thiocarbonyl (C=S) groups is 1. The van der Waals surface area contributed by atoms with Crippen molar-refractivity contribution in [2.45, 2.75) is 26.4 Å². The number of nitrogens with zero attached hydrogens (tertiary/aromatic N) is 2. The van der Waals surface area contributed by atoms with Crippen molar-refractivity contribution in [3.05, 3.63) is 42.2 Å². The number of methoxy groups -OCH3 is 1. The summed E-state index contributed by atoms with van der Waals surface area (Å²) in [5, 5.41) is 11.3. The Labute approximate surface area is 130 Å². The molecule has 2 aromatic rings. The highest BCUT2D eigenvalue weighted by atomic mass is 32.1. The molecule has 0 aliphatic carbocycles.